The third-order valence-corrected chi connectivity index (χ3v) is 0.480. The van der Waals surface area contributed by atoms with Gasteiger partial charge in [-0.15, -0.1) is 0 Å². The molecule has 1 rings (SSSR count). The molecule has 0 spiro atoms. The van der Waals surface area contributed by atoms with E-state index in [0.717, 1.165) is 0 Å². The van der Waals surface area contributed by atoms with Gasteiger partial charge in [0.1, 0.15) is 1.41 Å². The summed E-state index contributed by atoms with van der Waals surface area (Å²) < 4.78 is 6.79. The van der Waals surface area contributed by atoms with Crippen LogP contribution in [-0.4, -0.2) is 6.54 Å². The first-order chi connectivity index (χ1) is 2.89. The number of hydrazine groups is 1. The molecule has 1 aliphatic heterocycles. The lowest BCUT2D eigenvalue weighted by molar-refractivity contribution is 0.727. The molecule has 0 unspecified atom stereocenters. The topological polar surface area (TPSA) is 24.1 Å². The second kappa shape index (κ2) is 1.08. The Balaban J connectivity index is 2.32. The molecule has 0 amide bonds. The summed E-state index contributed by atoms with van der Waals surface area (Å²) in [6.45, 7) is 0.694. The molecular weight excluding hydrogens is 64.0 g/mol. The van der Waals surface area contributed by atoms with Gasteiger partial charge in [0.15, 0.2) is 0 Å². The Morgan fingerprint density at radius 1 is 2.00 bits per heavy atom. The normalized spacial score (nSPS) is 26.0. The van der Waals surface area contributed by atoms with E-state index in [4.69, 9.17) is 1.41 Å². The van der Waals surface area contributed by atoms with Crippen molar-refractivity contribution in [3.05, 3.63) is 12.3 Å². The van der Waals surface area contributed by atoms with Crippen molar-refractivity contribution in [2.45, 2.75) is 0 Å². The van der Waals surface area contributed by atoms with Crippen LogP contribution in [0.5, 0.6) is 0 Å². The molecule has 2 heteroatoms. The van der Waals surface area contributed by atoms with E-state index in [2.05, 4.69) is 5.43 Å². The van der Waals surface area contributed by atoms with Crippen molar-refractivity contribution in [3.63, 3.8) is 0 Å². The highest BCUT2D eigenvalue weighted by Crippen LogP contribution is 1.67. The Bertz CT molecular complexity index is 63.2. The van der Waals surface area contributed by atoms with Gasteiger partial charge < -0.3 is 5.43 Å². The molecule has 28 valence electrons. The fourth-order valence-corrected chi connectivity index (χ4v) is 0.264. The Kier molecular flexibility index (Phi) is 0.394. The summed E-state index contributed by atoms with van der Waals surface area (Å²) in [5.74, 6) is 0. The molecule has 0 fully saturated rings. The van der Waals surface area contributed by atoms with Crippen molar-refractivity contribution < 1.29 is 1.41 Å². The predicted molar refractivity (Wildman–Crippen MR) is 20.3 cm³/mol. The van der Waals surface area contributed by atoms with E-state index in [-0.39, 0.29) is 0 Å². The number of nitrogens with one attached hydrogen (secondary N) is 2. The summed E-state index contributed by atoms with van der Waals surface area (Å²) in [5.41, 5.74) is 3.89. The van der Waals surface area contributed by atoms with Gasteiger partial charge in [-0.2, -0.15) is 0 Å². The minimum Gasteiger partial charge on any atom is -0.329 e. The van der Waals surface area contributed by atoms with Crippen LogP contribution in [0, 0.1) is 0 Å². The zero-order chi connectivity index (χ0) is 4.41. The van der Waals surface area contributed by atoms with Crippen LogP contribution in [0.3, 0.4) is 0 Å². The molecule has 0 aliphatic carbocycles. The maximum Gasteiger partial charge on any atom is 0.148 e. The summed E-state index contributed by atoms with van der Waals surface area (Å²) >= 11 is 0. The molecule has 0 radical (unpaired) electrons. The summed E-state index contributed by atoms with van der Waals surface area (Å²) in [5, 5.41) is 0. The monoisotopic (exact) mass is 71.1 g/mol. The first-order valence-corrected chi connectivity index (χ1v) is 1.57. The van der Waals surface area contributed by atoms with Crippen molar-refractivity contribution in [1.82, 2.24) is 10.8 Å². The smallest absolute Gasteiger partial charge is 0.148 e. The summed E-state index contributed by atoms with van der Waals surface area (Å²) in [7, 11) is 0. The molecule has 0 atom stereocenters. The Morgan fingerprint density at radius 3 is 3.20 bits per heavy atom. The number of rotatable bonds is 0. The van der Waals surface area contributed by atoms with E-state index in [0.29, 0.717) is 6.54 Å². The van der Waals surface area contributed by atoms with Gasteiger partial charge in [-0.25, -0.2) is 5.42 Å². The van der Waals surface area contributed by atoms with Gasteiger partial charge in [0, 0.05) is 12.7 Å². The van der Waals surface area contributed by atoms with Crippen LogP contribution in [0.4, 0.5) is 0 Å². The number of hydrogen-bond donors (Lipinski definition) is 2. The molecule has 0 bridgehead atoms. The first kappa shape index (κ1) is 1.82. The lowest BCUT2D eigenvalue weighted by Gasteiger charge is -1.83. The van der Waals surface area contributed by atoms with E-state index in [1.807, 2.05) is 6.08 Å². The molecular formula is C3H6N2. The average molecular weight is 71.1 g/mol. The van der Waals surface area contributed by atoms with E-state index < -0.39 is 0 Å². The van der Waals surface area contributed by atoms with Crippen LogP contribution in [0.1, 0.15) is 0 Å². The summed E-state index contributed by atoms with van der Waals surface area (Å²) in [6, 6.07) is 0. The van der Waals surface area contributed by atoms with Crippen molar-refractivity contribution in [3.8, 4) is 0 Å². The van der Waals surface area contributed by atoms with Crippen LogP contribution in [0.2, 0.25) is 1.41 Å². The van der Waals surface area contributed by atoms with Gasteiger partial charge in [-0.05, 0) is 0 Å². The molecule has 0 aromatic heterocycles. The van der Waals surface area contributed by atoms with Gasteiger partial charge in [0.2, 0.25) is 0 Å². The zero-order valence-corrected chi connectivity index (χ0v) is 2.81. The Labute approximate surface area is 32.3 Å². The van der Waals surface area contributed by atoms with E-state index in [9.17, 15) is 0 Å². The minimum absolute atomic E-state index is 0.694. The van der Waals surface area contributed by atoms with Crippen LogP contribution >= 0.6 is 0 Å². The van der Waals surface area contributed by atoms with Crippen LogP contribution in [-0.2, 0) is 0 Å². The first-order valence-electron chi connectivity index (χ1n) is 2.02. The molecule has 2 N–H and O–H groups in total. The molecule has 0 saturated carbocycles. The lowest BCUT2D eigenvalue weighted by atomic mass is 10.7. The summed E-state index contributed by atoms with van der Waals surface area (Å²) in [6.07, 6.45) is 3.62. The Morgan fingerprint density at radius 2 is 3.00 bits per heavy atom. The van der Waals surface area contributed by atoms with E-state index >= 15 is 0 Å². The van der Waals surface area contributed by atoms with Crippen LogP contribution < -0.4 is 10.8 Å². The van der Waals surface area contributed by atoms with Crippen LogP contribution in [0.15, 0.2) is 12.3 Å². The highest BCUT2D eigenvalue weighted by atomic mass is 15.4. The van der Waals surface area contributed by atoms with Gasteiger partial charge in [-0.3, -0.25) is 0 Å². The number of hydrogen-bond acceptors (Lipinski definition) is 2. The molecule has 0 saturated heterocycles. The van der Waals surface area contributed by atoms with Gasteiger partial charge in [0.25, 0.3) is 0 Å². The largest absolute Gasteiger partial charge is 0.329 e. The SMILES string of the molecule is [2H]N1CC=CN1. The van der Waals surface area contributed by atoms with Crippen molar-refractivity contribution >= 4 is 0 Å². The third kappa shape index (κ3) is 0.389. The second-order valence-corrected chi connectivity index (χ2v) is 0.872. The predicted octanol–water partition coefficient (Wildman–Crippen LogP) is -0.392. The zero-order valence-electron chi connectivity index (χ0n) is 3.81. The highest BCUT2D eigenvalue weighted by molar-refractivity contribution is 4.85. The van der Waals surface area contributed by atoms with Gasteiger partial charge >= 0.3 is 0 Å². The molecule has 0 aromatic carbocycles. The lowest BCUT2D eigenvalue weighted by Crippen LogP contribution is -2.19. The van der Waals surface area contributed by atoms with Crippen molar-refractivity contribution in [1.29, 1.82) is 0 Å². The molecule has 5 heavy (non-hydrogen) atoms. The minimum atomic E-state index is 0.694. The van der Waals surface area contributed by atoms with Gasteiger partial charge in [0.05, 0.1) is 0 Å². The van der Waals surface area contributed by atoms with Crippen molar-refractivity contribution in [2.24, 2.45) is 0 Å². The second-order valence-electron chi connectivity index (χ2n) is 0.872. The fourth-order valence-electron chi connectivity index (χ4n) is 0.264. The Hall–Kier alpha value is -0.500. The maximum atomic E-state index is 6.79. The quantitative estimate of drug-likeness (QED) is 0.406. The van der Waals surface area contributed by atoms with Gasteiger partial charge in [-0.1, -0.05) is 6.08 Å². The molecule has 0 aromatic rings. The summed E-state index contributed by atoms with van der Waals surface area (Å²) in [4.78, 5) is 0. The van der Waals surface area contributed by atoms with E-state index in [1.165, 1.54) is 5.42 Å². The average Bonchev–Trinajstić information content (AvgIpc) is 1.86. The van der Waals surface area contributed by atoms with Crippen LogP contribution in [0.25, 0.3) is 0 Å². The van der Waals surface area contributed by atoms with Crippen molar-refractivity contribution in [2.75, 3.05) is 6.54 Å². The molecule has 2 nitrogen and oxygen atoms in total. The van der Waals surface area contributed by atoms with E-state index in [1.54, 1.807) is 6.20 Å². The molecule has 1 aliphatic rings. The molecule has 1 heterocycles. The standard InChI is InChI=1S/C3H6N2/c1-2-4-5-3-1/h1-2,4-5H,3H2/i/hD. The highest BCUT2D eigenvalue weighted by Gasteiger charge is 1.78. The third-order valence-electron chi connectivity index (χ3n) is 0.480. The maximum absolute atomic E-state index is 6.79. The fraction of sp³-hybridized carbons (Fsp3) is 0.333.